The Morgan fingerprint density at radius 1 is 0.350 bits per heavy atom. The maximum Gasteiger partial charge on any atom is 0.306 e. The molecule has 0 heterocycles. The number of carbonyl (C=O) groups is 3. The van der Waals surface area contributed by atoms with Gasteiger partial charge in [0.05, 0.1) is 0 Å². The number of ether oxygens (including phenoxy) is 3. The van der Waals surface area contributed by atoms with Crippen molar-refractivity contribution in [2.75, 3.05) is 13.2 Å². The SMILES string of the molecule is CCCCCCCCCCCCC(=O)OC[C@H](COC(=O)CCCCCCCCCCCCCC(C)C)OC(=O)CCCCCCCCCCCCCCCCC(C)CC. The molecular formula is C54H104O6. The zero-order valence-electron chi connectivity index (χ0n) is 41.1. The second kappa shape index (κ2) is 46.9. The fourth-order valence-corrected chi connectivity index (χ4v) is 8.13. The quantitative estimate of drug-likeness (QED) is 0.0345. The van der Waals surface area contributed by atoms with Crippen molar-refractivity contribution in [3.05, 3.63) is 0 Å². The molecule has 0 radical (unpaired) electrons. The molecule has 0 saturated heterocycles. The summed E-state index contributed by atoms with van der Waals surface area (Å²) in [7, 11) is 0. The minimum Gasteiger partial charge on any atom is -0.462 e. The lowest BCUT2D eigenvalue weighted by molar-refractivity contribution is -0.167. The fourth-order valence-electron chi connectivity index (χ4n) is 8.13. The lowest BCUT2D eigenvalue weighted by Crippen LogP contribution is -2.30. The van der Waals surface area contributed by atoms with Crippen LogP contribution >= 0.6 is 0 Å². The van der Waals surface area contributed by atoms with E-state index in [0.29, 0.717) is 19.3 Å². The number of carbonyl (C=O) groups excluding carboxylic acids is 3. The molecule has 0 aliphatic heterocycles. The van der Waals surface area contributed by atoms with Gasteiger partial charge in [-0.25, -0.2) is 0 Å². The van der Waals surface area contributed by atoms with Crippen molar-refractivity contribution in [1.29, 1.82) is 0 Å². The van der Waals surface area contributed by atoms with E-state index >= 15 is 0 Å². The van der Waals surface area contributed by atoms with Crippen molar-refractivity contribution >= 4 is 17.9 Å². The smallest absolute Gasteiger partial charge is 0.306 e. The Hall–Kier alpha value is -1.59. The maximum atomic E-state index is 12.8. The van der Waals surface area contributed by atoms with Crippen LogP contribution in [0, 0.1) is 11.8 Å². The van der Waals surface area contributed by atoms with Crippen LogP contribution in [0.5, 0.6) is 0 Å². The molecule has 1 unspecified atom stereocenters. The second-order valence-corrected chi connectivity index (χ2v) is 19.2. The summed E-state index contributed by atoms with van der Waals surface area (Å²) in [6.45, 7) is 11.4. The van der Waals surface area contributed by atoms with E-state index in [1.165, 1.54) is 186 Å². The van der Waals surface area contributed by atoms with Gasteiger partial charge in [0.25, 0.3) is 0 Å². The summed E-state index contributed by atoms with van der Waals surface area (Å²) in [6.07, 6.45) is 48.0. The number of unbranched alkanes of at least 4 members (excludes halogenated alkanes) is 32. The first-order chi connectivity index (χ1) is 29.3. The predicted octanol–water partition coefficient (Wildman–Crippen LogP) is 17.3. The molecule has 0 aromatic rings. The van der Waals surface area contributed by atoms with E-state index in [0.717, 1.165) is 69.6 Å². The highest BCUT2D eigenvalue weighted by atomic mass is 16.6. The summed E-state index contributed by atoms with van der Waals surface area (Å²) >= 11 is 0. The monoisotopic (exact) mass is 849 g/mol. The number of rotatable bonds is 48. The fraction of sp³-hybridized carbons (Fsp3) is 0.944. The third-order valence-electron chi connectivity index (χ3n) is 12.6. The van der Waals surface area contributed by atoms with Crippen LogP contribution in [0.2, 0.25) is 0 Å². The minimum absolute atomic E-state index is 0.0635. The molecule has 6 heteroatoms. The van der Waals surface area contributed by atoms with Gasteiger partial charge >= 0.3 is 17.9 Å². The molecule has 0 aliphatic rings. The first-order valence-corrected chi connectivity index (χ1v) is 26.8. The molecule has 0 spiro atoms. The van der Waals surface area contributed by atoms with Gasteiger partial charge in [0.15, 0.2) is 6.10 Å². The van der Waals surface area contributed by atoms with E-state index in [1.807, 2.05) is 0 Å². The molecule has 0 aliphatic carbocycles. The maximum absolute atomic E-state index is 12.8. The standard InChI is InChI=1S/C54H104O6/c1-6-8-9-10-11-12-24-29-34-39-44-52(55)58-47-51(48-59-53(56)45-40-35-30-25-21-17-18-22-27-32-37-42-49(3)4)60-54(57)46-41-36-31-26-20-16-14-13-15-19-23-28-33-38-43-50(5)7-2/h49-51H,6-48H2,1-5H3/t50?,51-/m1/s1. The van der Waals surface area contributed by atoms with Crippen LogP contribution in [0.4, 0.5) is 0 Å². The van der Waals surface area contributed by atoms with Gasteiger partial charge in [0.1, 0.15) is 13.2 Å². The van der Waals surface area contributed by atoms with Crippen molar-refractivity contribution < 1.29 is 28.6 Å². The van der Waals surface area contributed by atoms with Crippen molar-refractivity contribution in [2.24, 2.45) is 11.8 Å². The highest BCUT2D eigenvalue weighted by molar-refractivity contribution is 5.71. The number of esters is 3. The van der Waals surface area contributed by atoms with Gasteiger partial charge in [0, 0.05) is 19.3 Å². The molecule has 0 saturated carbocycles. The van der Waals surface area contributed by atoms with Gasteiger partial charge < -0.3 is 14.2 Å². The van der Waals surface area contributed by atoms with Gasteiger partial charge in [-0.15, -0.1) is 0 Å². The highest BCUT2D eigenvalue weighted by Gasteiger charge is 2.19. The van der Waals surface area contributed by atoms with Crippen LogP contribution in [0.3, 0.4) is 0 Å². The lowest BCUT2D eigenvalue weighted by atomic mass is 9.99. The van der Waals surface area contributed by atoms with Crippen molar-refractivity contribution in [3.8, 4) is 0 Å². The van der Waals surface area contributed by atoms with Gasteiger partial charge in [-0.1, -0.05) is 259 Å². The van der Waals surface area contributed by atoms with Crippen LogP contribution in [-0.2, 0) is 28.6 Å². The molecule has 60 heavy (non-hydrogen) atoms. The first kappa shape index (κ1) is 58.4. The first-order valence-electron chi connectivity index (χ1n) is 26.8. The Balaban J connectivity index is 4.27. The van der Waals surface area contributed by atoms with E-state index in [1.54, 1.807) is 0 Å². The van der Waals surface area contributed by atoms with E-state index < -0.39 is 6.10 Å². The van der Waals surface area contributed by atoms with Crippen molar-refractivity contribution in [2.45, 2.75) is 304 Å². The van der Waals surface area contributed by atoms with Gasteiger partial charge in [-0.2, -0.15) is 0 Å². The van der Waals surface area contributed by atoms with Crippen LogP contribution in [-0.4, -0.2) is 37.2 Å². The summed E-state index contributed by atoms with van der Waals surface area (Å²) in [5.41, 5.74) is 0. The molecule has 0 aromatic heterocycles. The summed E-state index contributed by atoms with van der Waals surface area (Å²) in [5.74, 6) is 0.874. The molecular weight excluding hydrogens is 745 g/mol. The minimum atomic E-state index is -0.761. The Bertz CT molecular complexity index is 918. The summed E-state index contributed by atoms with van der Waals surface area (Å²) in [5, 5.41) is 0. The average Bonchev–Trinajstić information content (AvgIpc) is 3.23. The Morgan fingerprint density at radius 2 is 0.633 bits per heavy atom. The van der Waals surface area contributed by atoms with E-state index in [9.17, 15) is 14.4 Å². The molecule has 356 valence electrons. The number of hydrogen-bond donors (Lipinski definition) is 0. The van der Waals surface area contributed by atoms with Gasteiger partial charge in [0.2, 0.25) is 0 Å². The molecule has 0 fully saturated rings. The number of hydrogen-bond acceptors (Lipinski definition) is 6. The van der Waals surface area contributed by atoms with E-state index in [4.69, 9.17) is 14.2 Å². The van der Waals surface area contributed by atoms with Crippen molar-refractivity contribution in [1.82, 2.24) is 0 Å². The molecule has 0 N–H and O–H groups in total. The normalized spacial score (nSPS) is 12.5. The largest absolute Gasteiger partial charge is 0.462 e. The second-order valence-electron chi connectivity index (χ2n) is 19.2. The van der Waals surface area contributed by atoms with Gasteiger partial charge in [-0.3, -0.25) is 14.4 Å². The topological polar surface area (TPSA) is 78.9 Å². The van der Waals surface area contributed by atoms with Crippen LogP contribution in [0.25, 0.3) is 0 Å². The highest BCUT2D eigenvalue weighted by Crippen LogP contribution is 2.18. The van der Waals surface area contributed by atoms with Crippen LogP contribution in [0.15, 0.2) is 0 Å². The van der Waals surface area contributed by atoms with Gasteiger partial charge in [-0.05, 0) is 31.1 Å². The summed E-state index contributed by atoms with van der Waals surface area (Å²) < 4.78 is 16.8. The summed E-state index contributed by atoms with van der Waals surface area (Å²) in [4.78, 5) is 37.9. The molecule has 6 nitrogen and oxygen atoms in total. The third-order valence-corrected chi connectivity index (χ3v) is 12.6. The average molecular weight is 849 g/mol. The van der Waals surface area contributed by atoms with E-state index in [2.05, 4.69) is 34.6 Å². The molecule has 2 atom stereocenters. The zero-order valence-corrected chi connectivity index (χ0v) is 41.1. The Labute approximate surface area is 374 Å². The van der Waals surface area contributed by atoms with Crippen LogP contribution in [0.1, 0.15) is 298 Å². The van der Waals surface area contributed by atoms with Crippen LogP contribution < -0.4 is 0 Å². The molecule has 0 bridgehead atoms. The Morgan fingerprint density at radius 3 is 0.950 bits per heavy atom. The molecule has 0 rings (SSSR count). The molecule has 0 amide bonds. The zero-order chi connectivity index (χ0) is 44.0. The predicted molar refractivity (Wildman–Crippen MR) is 256 cm³/mol. The Kier molecular flexibility index (Phi) is 45.7. The summed E-state index contributed by atoms with van der Waals surface area (Å²) in [6, 6.07) is 0. The third kappa shape index (κ3) is 45.9. The molecule has 0 aromatic carbocycles. The van der Waals surface area contributed by atoms with Crippen molar-refractivity contribution in [3.63, 3.8) is 0 Å². The van der Waals surface area contributed by atoms with E-state index in [-0.39, 0.29) is 31.1 Å². The lowest BCUT2D eigenvalue weighted by Gasteiger charge is -2.18.